The molecule has 3 heterocycles. The zero-order chi connectivity index (χ0) is 59.7. The van der Waals surface area contributed by atoms with Crippen molar-refractivity contribution in [2.45, 2.75) is 107 Å². The molecule has 8 amide bonds. The first-order chi connectivity index (χ1) is 40.5. The van der Waals surface area contributed by atoms with Crippen LogP contribution in [0.2, 0.25) is 0 Å². The maximum Gasteiger partial charge on any atom is 0.244 e. The summed E-state index contributed by atoms with van der Waals surface area (Å²) in [6, 6.07) is 27.4. The van der Waals surface area contributed by atoms with E-state index in [0.29, 0.717) is 36.1 Å². The number of nitrogens with zero attached hydrogens (tertiary/aromatic N) is 1. The molecule has 5 aromatic carbocycles. The number of unbranched alkanes of at least 4 members (excludes halogenated alkanes) is 1. The quantitative estimate of drug-likeness (QED) is 0.0434. The lowest BCUT2D eigenvalue weighted by molar-refractivity contribution is -0.136. The summed E-state index contributed by atoms with van der Waals surface area (Å²) in [6.45, 7) is 3.71. The number of carbonyl (C=O) groups excluding carboxylic acids is 8. The van der Waals surface area contributed by atoms with Crippen LogP contribution in [-0.4, -0.2) is 124 Å². The van der Waals surface area contributed by atoms with E-state index < -0.39 is 102 Å². The van der Waals surface area contributed by atoms with Crippen LogP contribution in [0, 0.1) is 5.92 Å². The molecule has 0 aliphatic carbocycles. The van der Waals surface area contributed by atoms with Crippen molar-refractivity contribution in [1.29, 1.82) is 0 Å². The lowest BCUT2D eigenvalue weighted by Gasteiger charge is -2.29. The highest BCUT2D eigenvalue weighted by atomic mass is 33.1. The first kappa shape index (κ1) is 61.8. The number of carbonyl (C=O) groups is 8. The van der Waals surface area contributed by atoms with Crippen molar-refractivity contribution in [1.82, 2.24) is 47.2 Å². The van der Waals surface area contributed by atoms with E-state index in [2.05, 4.69) is 47.2 Å². The van der Waals surface area contributed by atoms with Gasteiger partial charge in [0.05, 0.1) is 6.04 Å². The highest BCUT2D eigenvalue weighted by molar-refractivity contribution is 8.76. The standard InChI is InChI=1S/C62H72N12O8S2/c1-36(2)54-62(82)73-53(60(80)69-49(55(65)75)29-38-21-23-41-14-4-6-16-43(41)27-38)35-84-83-34-52(72-56(76)46(64)28-37-20-22-40-13-3-5-15-42(40)26-37)61(81)70-50(30-39-12-11-25-66-32-39)58(78)71-51(31-44-33-67-47-18-8-7-17-45(44)47)59(79)68-48(57(77)74-54)19-9-10-24-63/h3-8,11-18,20-23,25-27,32-33,36,46,48-54,67H,9-10,19,24,28-31,34-35,63-64H2,1-2H3,(H2,65,75)(H,68,79)(H,69,80)(H,70,81)(H,71,78)(H,72,76)(H,73,82)(H,74,77)/t46-,48-,49-,50-,51+,52+,53-,54-/m0/s1. The van der Waals surface area contributed by atoms with Gasteiger partial charge in [-0.05, 0) is 94.1 Å². The Morgan fingerprint density at radius 2 is 1.25 bits per heavy atom. The van der Waals surface area contributed by atoms with E-state index in [0.717, 1.165) is 59.6 Å². The normalized spacial score (nSPS) is 20.4. The van der Waals surface area contributed by atoms with Crippen molar-refractivity contribution in [3.63, 3.8) is 0 Å². The minimum atomic E-state index is -1.37. The van der Waals surface area contributed by atoms with E-state index >= 15 is 0 Å². The van der Waals surface area contributed by atoms with Crippen molar-refractivity contribution in [3.8, 4) is 0 Å². The molecule has 440 valence electrons. The van der Waals surface area contributed by atoms with Crippen molar-refractivity contribution in [3.05, 3.63) is 162 Å². The molecular formula is C62H72N12O8S2. The number of pyridine rings is 1. The van der Waals surface area contributed by atoms with Crippen LogP contribution in [0.15, 0.2) is 140 Å². The molecule has 8 atom stereocenters. The van der Waals surface area contributed by atoms with Crippen LogP contribution in [0.1, 0.15) is 55.4 Å². The van der Waals surface area contributed by atoms with Crippen LogP contribution >= 0.6 is 21.6 Å². The highest BCUT2D eigenvalue weighted by Crippen LogP contribution is 2.25. The van der Waals surface area contributed by atoms with E-state index in [1.165, 1.54) is 0 Å². The number of nitrogens with one attached hydrogen (secondary N) is 8. The zero-order valence-corrected chi connectivity index (χ0v) is 48.4. The summed E-state index contributed by atoms with van der Waals surface area (Å²) >= 11 is 0. The molecule has 2 aromatic heterocycles. The third-order valence-electron chi connectivity index (χ3n) is 14.7. The largest absolute Gasteiger partial charge is 0.368 e. The Hall–Kier alpha value is -8.31. The summed E-state index contributed by atoms with van der Waals surface area (Å²) in [4.78, 5) is 123. The molecule has 1 fully saturated rings. The molecule has 7 aromatic rings. The van der Waals surface area contributed by atoms with Crippen molar-refractivity contribution < 1.29 is 38.4 Å². The van der Waals surface area contributed by atoms with Gasteiger partial charge < -0.3 is 59.4 Å². The molecule has 0 radical (unpaired) electrons. The summed E-state index contributed by atoms with van der Waals surface area (Å²) in [5.74, 6) is -6.85. The number of amides is 8. The topological polar surface area (TPSA) is 328 Å². The zero-order valence-electron chi connectivity index (χ0n) is 46.8. The maximum atomic E-state index is 15.0. The van der Waals surface area contributed by atoms with Gasteiger partial charge in [-0.15, -0.1) is 0 Å². The first-order valence-electron chi connectivity index (χ1n) is 28.0. The SMILES string of the molecule is CC(C)[C@@H]1NC(=O)[C@H](CCCCN)NC(=O)[C@@H](Cc2c[nH]c3ccccc23)NC(=O)[C@H](Cc2cccnc2)NC(=O)[C@H](NC(=O)[C@@H](N)Cc2ccc3ccccc3c2)CSSC[C@@H](C(=O)N[C@@H](Cc2ccc3ccccc3c2)C(N)=O)NC1=O. The second-order valence-electron chi connectivity index (χ2n) is 21.4. The summed E-state index contributed by atoms with van der Waals surface area (Å²) in [5, 5.41) is 24.4. The fourth-order valence-corrected chi connectivity index (χ4v) is 12.3. The number of H-pyrrole nitrogens is 1. The van der Waals surface area contributed by atoms with E-state index in [-0.39, 0.29) is 43.6 Å². The van der Waals surface area contributed by atoms with E-state index in [4.69, 9.17) is 17.2 Å². The predicted octanol–water partition coefficient (Wildman–Crippen LogP) is 3.53. The molecule has 1 aliphatic heterocycles. The number of para-hydroxylation sites is 1. The van der Waals surface area contributed by atoms with Crippen LogP contribution < -0.4 is 54.4 Å². The fourth-order valence-electron chi connectivity index (χ4n) is 10.0. The number of aromatic nitrogens is 2. The average Bonchev–Trinajstić information content (AvgIpc) is 4.10. The van der Waals surface area contributed by atoms with E-state index in [9.17, 15) is 38.4 Å². The number of benzene rings is 5. The second kappa shape index (κ2) is 29.8. The number of hydrogen-bond acceptors (Lipinski definition) is 13. The number of hydrogen-bond donors (Lipinski definition) is 11. The van der Waals surface area contributed by atoms with E-state index in [1.807, 2.05) is 109 Å². The van der Waals surface area contributed by atoms with Crippen molar-refractivity contribution >= 4 is 101 Å². The molecule has 84 heavy (non-hydrogen) atoms. The molecule has 1 saturated heterocycles. The van der Waals surface area contributed by atoms with Gasteiger partial charge in [0.15, 0.2) is 0 Å². The highest BCUT2D eigenvalue weighted by Gasteiger charge is 2.36. The molecule has 0 saturated carbocycles. The van der Waals surface area contributed by atoms with Gasteiger partial charge in [-0.1, -0.05) is 145 Å². The Labute approximate surface area is 494 Å². The molecule has 20 nitrogen and oxygen atoms in total. The molecule has 0 spiro atoms. The third-order valence-corrected chi connectivity index (χ3v) is 17.1. The summed E-state index contributed by atoms with van der Waals surface area (Å²) in [5.41, 5.74) is 21.9. The Morgan fingerprint density at radius 3 is 1.90 bits per heavy atom. The Morgan fingerprint density at radius 1 is 0.643 bits per heavy atom. The van der Waals surface area contributed by atoms with E-state index in [1.54, 1.807) is 44.6 Å². The smallest absolute Gasteiger partial charge is 0.244 e. The van der Waals surface area contributed by atoms with Gasteiger partial charge in [0.1, 0.15) is 42.3 Å². The molecular weight excluding hydrogens is 1100 g/mol. The lowest BCUT2D eigenvalue weighted by Crippen LogP contribution is -2.61. The molecule has 0 bridgehead atoms. The number of nitrogens with two attached hydrogens (primary N) is 3. The van der Waals surface area contributed by atoms with Gasteiger partial charge in [0.2, 0.25) is 47.3 Å². The second-order valence-corrected chi connectivity index (χ2v) is 23.9. The Balaban J connectivity index is 1.13. The first-order valence-corrected chi connectivity index (χ1v) is 30.5. The number of aromatic amines is 1. The number of rotatable bonds is 18. The van der Waals surface area contributed by atoms with Crippen LogP contribution in [0.3, 0.4) is 0 Å². The number of primary amides is 1. The predicted molar refractivity (Wildman–Crippen MR) is 329 cm³/mol. The van der Waals surface area contributed by atoms with Crippen LogP contribution in [0.4, 0.5) is 0 Å². The molecule has 14 N–H and O–H groups in total. The van der Waals surface area contributed by atoms with Gasteiger partial charge in [-0.25, -0.2) is 0 Å². The summed E-state index contributed by atoms with van der Waals surface area (Å²) in [7, 11) is 2.17. The van der Waals surface area contributed by atoms with Crippen LogP contribution in [0.25, 0.3) is 32.4 Å². The Bertz CT molecular complexity index is 3470. The van der Waals surface area contributed by atoms with Gasteiger partial charge in [0.25, 0.3) is 0 Å². The average molecular weight is 1180 g/mol. The van der Waals surface area contributed by atoms with Gasteiger partial charge >= 0.3 is 0 Å². The molecule has 8 rings (SSSR count). The number of fused-ring (bicyclic) bond motifs is 3. The Kier molecular flexibility index (Phi) is 21.9. The van der Waals surface area contributed by atoms with Gasteiger partial charge in [-0.2, -0.15) is 0 Å². The fraction of sp³-hybridized carbons (Fsp3) is 0.339. The minimum absolute atomic E-state index is 0.0261. The third kappa shape index (κ3) is 16.9. The van der Waals surface area contributed by atoms with Crippen LogP contribution in [0.5, 0.6) is 0 Å². The minimum Gasteiger partial charge on any atom is -0.368 e. The monoisotopic (exact) mass is 1180 g/mol. The summed E-state index contributed by atoms with van der Waals surface area (Å²) < 4.78 is 0. The maximum absolute atomic E-state index is 15.0. The molecule has 0 unspecified atom stereocenters. The van der Waals surface area contributed by atoms with Crippen LogP contribution in [-0.2, 0) is 64.0 Å². The summed E-state index contributed by atoms with van der Waals surface area (Å²) in [6.07, 6.45) is 5.81. The molecule has 1 aliphatic rings. The lowest BCUT2D eigenvalue weighted by atomic mass is 10.00. The molecule has 22 heteroatoms. The van der Waals surface area contributed by atoms with Gasteiger partial charge in [0, 0.05) is 60.3 Å². The van der Waals surface area contributed by atoms with Crippen molar-refractivity contribution in [2.24, 2.45) is 23.1 Å². The van der Waals surface area contributed by atoms with Gasteiger partial charge in [-0.3, -0.25) is 43.3 Å². The van der Waals surface area contributed by atoms with Crippen molar-refractivity contribution in [2.75, 3.05) is 18.1 Å².